The summed E-state index contributed by atoms with van der Waals surface area (Å²) in [6.07, 6.45) is 6.54. The van der Waals surface area contributed by atoms with Gasteiger partial charge in [-0.2, -0.15) is 0 Å². The maximum absolute atomic E-state index is 12.3. The SMILES string of the molecule is O=C(NCCCn1cnc2ccccc2c1=O)c1cnccn1. The molecule has 3 rings (SSSR count). The number of benzene rings is 1. The standard InChI is InChI=1S/C16H15N5O2/c22-15(14-10-17-7-8-18-14)19-6-3-9-21-11-20-13-5-2-1-4-12(13)16(21)23/h1-2,4-5,7-8,10-11H,3,6,9H2,(H,19,22). The molecule has 0 aliphatic heterocycles. The molecule has 1 N–H and O–H groups in total. The number of para-hydroxylation sites is 1. The van der Waals surface area contributed by atoms with E-state index in [4.69, 9.17) is 0 Å². The first-order valence-corrected chi connectivity index (χ1v) is 7.24. The summed E-state index contributed by atoms with van der Waals surface area (Å²) in [5.41, 5.74) is 0.887. The first kappa shape index (κ1) is 14.8. The van der Waals surface area contributed by atoms with Crippen molar-refractivity contribution in [1.29, 1.82) is 0 Å². The molecule has 116 valence electrons. The average molecular weight is 309 g/mol. The molecular weight excluding hydrogens is 294 g/mol. The highest BCUT2D eigenvalue weighted by Crippen LogP contribution is 2.04. The number of hydrogen-bond acceptors (Lipinski definition) is 5. The molecule has 0 aliphatic carbocycles. The smallest absolute Gasteiger partial charge is 0.271 e. The normalized spacial score (nSPS) is 10.6. The van der Waals surface area contributed by atoms with E-state index < -0.39 is 0 Å². The third-order valence-corrected chi connectivity index (χ3v) is 3.39. The summed E-state index contributed by atoms with van der Waals surface area (Å²) in [7, 11) is 0. The Labute approximate surface area is 132 Å². The van der Waals surface area contributed by atoms with Crippen LogP contribution in [0.5, 0.6) is 0 Å². The summed E-state index contributed by atoms with van der Waals surface area (Å²) in [5, 5.41) is 3.34. The highest BCUT2D eigenvalue weighted by atomic mass is 16.2. The fraction of sp³-hybridized carbons (Fsp3) is 0.188. The Morgan fingerprint density at radius 1 is 1.17 bits per heavy atom. The number of aromatic nitrogens is 4. The Balaban J connectivity index is 1.58. The van der Waals surface area contributed by atoms with Gasteiger partial charge >= 0.3 is 0 Å². The molecular formula is C16H15N5O2. The van der Waals surface area contributed by atoms with Crippen molar-refractivity contribution in [2.24, 2.45) is 0 Å². The van der Waals surface area contributed by atoms with Crippen LogP contribution < -0.4 is 10.9 Å². The first-order valence-electron chi connectivity index (χ1n) is 7.24. The number of fused-ring (bicyclic) bond motifs is 1. The second-order valence-electron chi connectivity index (χ2n) is 4.96. The van der Waals surface area contributed by atoms with Crippen LogP contribution in [0.3, 0.4) is 0 Å². The maximum Gasteiger partial charge on any atom is 0.271 e. The molecule has 3 aromatic rings. The molecule has 0 radical (unpaired) electrons. The number of hydrogen-bond donors (Lipinski definition) is 1. The number of nitrogens with zero attached hydrogens (tertiary/aromatic N) is 4. The molecule has 1 aromatic carbocycles. The minimum atomic E-state index is -0.276. The van der Waals surface area contributed by atoms with Crippen molar-refractivity contribution in [3.05, 3.63) is 65.2 Å². The molecule has 0 spiro atoms. The summed E-state index contributed by atoms with van der Waals surface area (Å²) in [6, 6.07) is 7.23. The Kier molecular flexibility index (Phi) is 4.37. The Morgan fingerprint density at radius 3 is 2.87 bits per heavy atom. The predicted octanol–water partition coefficient (Wildman–Crippen LogP) is 1.01. The molecule has 23 heavy (non-hydrogen) atoms. The second-order valence-corrected chi connectivity index (χ2v) is 4.96. The van der Waals surface area contributed by atoms with Crippen molar-refractivity contribution in [2.75, 3.05) is 6.54 Å². The van der Waals surface area contributed by atoms with Gasteiger partial charge in [0, 0.05) is 25.5 Å². The monoisotopic (exact) mass is 309 g/mol. The Morgan fingerprint density at radius 2 is 2.04 bits per heavy atom. The van der Waals surface area contributed by atoms with E-state index in [9.17, 15) is 9.59 Å². The zero-order valence-electron chi connectivity index (χ0n) is 12.3. The van der Waals surface area contributed by atoms with Gasteiger partial charge in [0.15, 0.2) is 0 Å². The van der Waals surface area contributed by atoms with Crippen molar-refractivity contribution >= 4 is 16.8 Å². The van der Waals surface area contributed by atoms with E-state index in [1.807, 2.05) is 18.2 Å². The molecule has 2 aromatic heterocycles. The van der Waals surface area contributed by atoms with Gasteiger partial charge in [0.2, 0.25) is 0 Å². The van der Waals surface area contributed by atoms with Crippen LogP contribution in [0.4, 0.5) is 0 Å². The van der Waals surface area contributed by atoms with E-state index in [1.54, 1.807) is 10.6 Å². The van der Waals surface area contributed by atoms with Gasteiger partial charge in [-0.1, -0.05) is 12.1 Å². The summed E-state index contributed by atoms with van der Waals surface area (Å²) in [5.74, 6) is -0.276. The van der Waals surface area contributed by atoms with E-state index >= 15 is 0 Å². The quantitative estimate of drug-likeness (QED) is 0.710. The number of nitrogens with one attached hydrogen (secondary N) is 1. The molecule has 0 unspecified atom stereocenters. The van der Waals surface area contributed by atoms with Crippen LogP contribution in [0.1, 0.15) is 16.9 Å². The molecule has 0 aliphatic rings. The molecule has 0 saturated heterocycles. The van der Waals surface area contributed by atoms with Crippen LogP contribution >= 0.6 is 0 Å². The lowest BCUT2D eigenvalue weighted by Gasteiger charge is -2.07. The van der Waals surface area contributed by atoms with Crippen molar-refractivity contribution < 1.29 is 4.79 Å². The zero-order chi connectivity index (χ0) is 16.1. The van der Waals surface area contributed by atoms with Crippen LogP contribution in [0.2, 0.25) is 0 Å². The van der Waals surface area contributed by atoms with E-state index in [1.165, 1.54) is 24.9 Å². The molecule has 7 heteroatoms. The minimum absolute atomic E-state index is 0.0733. The van der Waals surface area contributed by atoms with Crippen molar-refractivity contribution in [1.82, 2.24) is 24.8 Å². The fourth-order valence-electron chi connectivity index (χ4n) is 2.22. The third-order valence-electron chi connectivity index (χ3n) is 3.39. The summed E-state index contributed by atoms with van der Waals surface area (Å²) < 4.78 is 1.55. The number of amides is 1. The molecule has 0 bridgehead atoms. The topological polar surface area (TPSA) is 89.8 Å². The largest absolute Gasteiger partial charge is 0.351 e. The number of aryl methyl sites for hydroxylation is 1. The van der Waals surface area contributed by atoms with Crippen LogP contribution in [-0.2, 0) is 6.54 Å². The van der Waals surface area contributed by atoms with Gasteiger partial charge in [0.1, 0.15) is 5.69 Å². The van der Waals surface area contributed by atoms with Crippen molar-refractivity contribution in [3.8, 4) is 0 Å². The van der Waals surface area contributed by atoms with Crippen LogP contribution in [-0.4, -0.2) is 32.0 Å². The first-order chi connectivity index (χ1) is 11.3. The summed E-state index contributed by atoms with van der Waals surface area (Å²) >= 11 is 0. The van der Waals surface area contributed by atoms with E-state index in [0.717, 1.165) is 0 Å². The lowest BCUT2D eigenvalue weighted by atomic mass is 10.2. The van der Waals surface area contributed by atoms with Gasteiger partial charge in [-0.05, 0) is 18.6 Å². The van der Waals surface area contributed by atoms with Crippen molar-refractivity contribution in [2.45, 2.75) is 13.0 Å². The molecule has 2 heterocycles. The van der Waals surface area contributed by atoms with Gasteiger partial charge < -0.3 is 5.32 Å². The summed E-state index contributed by atoms with van der Waals surface area (Å²) in [6.45, 7) is 0.923. The highest BCUT2D eigenvalue weighted by Gasteiger charge is 2.06. The average Bonchev–Trinajstić information content (AvgIpc) is 2.61. The molecule has 0 saturated carbocycles. The fourth-order valence-corrected chi connectivity index (χ4v) is 2.22. The van der Waals surface area contributed by atoms with Crippen LogP contribution in [0.15, 0.2) is 54.0 Å². The summed E-state index contributed by atoms with van der Waals surface area (Å²) in [4.78, 5) is 36.1. The number of carbonyl (C=O) groups excluding carboxylic acids is 1. The van der Waals surface area contributed by atoms with E-state index in [2.05, 4.69) is 20.3 Å². The maximum atomic E-state index is 12.3. The van der Waals surface area contributed by atoms with Gasteiger partial charge in [0.05, 0.1) is 23.4 Å². The second kappa shape index (κ2) is 6.78. The van der Waals surface area contributed by atoms with Crippen molar-refractivity contribution in [3.63, 3.8) is 0 Å². The third kappa shape index (κ3) is 3.39. The lowest BCUT2D eigenvalue weighted by molar-refractivity contribution is 0.0947. The van der Waals surface area contributed by atoms with Crippen LogP contribution in [0, 0.1) is 0 Å². The number of carbonyl (C=O) groups is 1. The molecule has 1 amide bonds. The highest BCUT2D eigenvalue weighted by molar-refractivity contribution is 5.91. The molecule has 7 nitrogen and oxygen atoms in total. The van der Waals surface area contributed by atoms with Gasteiger partial charge in [-0.15, -0.1) is 0 Å². The lowest BCUT2D eigenvalue weighted by Crippen LogP contribution is -2.28. The molecule has 0 atom stereocenters. The Hall–Kier alpha value is -3.09. The predicted molar refractivity (Wildman–Crippen MR) is 85.0 cm³/mol. The Bertz CT molecular complexity index is 876. The minimum Gasteiger partial charge on any atom is -0.351 e. The zero-order valence-corrected chi connectivity index (χ0v) is 12.3. The van der Waals surface area contributed by atoms with Gasteiger partial charge in [-0.3, -0.25) is 19.1 Å². The number of rotatable bonds is 5. The van der Waals surface area contributed by atoms with Gasteiger partial charge in [-0.25, -0.2) is 9.97 Å². The van der Waals surface area contributed by atoms with Crippen LogP contribution in [0.25, 0.3) is 10.9 Å². The van der Waals surface area contributed by atoms with E-state index in [-0.39, 0.29) is 17.2 Å². The van der Waals surface area contributed by atoms with E-state index in [0.29, 0.717) is 30.4 Å². The van der Waals surface area contributed by atoms with Gasteiger partial charge in [0.25, 0.3) is 11.5 Å². The molecule has 0 fully saturated rings.